The van der Waals surface area contributed by atoms with E-state index in [1.807, 2.05) is 12.3 Å². The van der Waals surface area contributed by atoms with Gasteiger partial charge in [-0.25, -0.2) is 13.1 Å². The van der Waals surface area contributed by atoms with Crippen LogP contribution in [0.15, 0.2) is 30.3 Å². The van der Waals surface area contributed by atoms with Crippen molar-refractivity contribution in [3.63, 3.8) is 0 Å². The molecule has 0 radical (unpaired) electrons. The van der Waals surface area contributed by atoms with Crippen molar-refractivity contribution < 1.29 is 17.9 Å². The van der Waals surface area contributed by atoms with Gasteiger partial charge in [0.05, 0.1) is 11.9 Å². The fraction of sp³-hybridized carbons (Fsp3) is 0.533. The van der Waals surface area contributed by atoms with Crippen LogP contribution in [0.1, 0.15) is 25.8 Å². The highest BCUT2D eigenvalue weighted by molar-refractivity contribution is 7.98. The maximum Gasteiger partial charge on any atom is 0.324 e. The third-order valence-corrected chi connectivity index (χ3v) is 4.77. The van der Waals surface area contributed by atoms with E-state index in [2.05, 4.69) is 4.72 Å². The molecule has 0 aromatic heterocycles. The largest absolute Gasteiger partial charge is 0.462 e. The molecule has 7 heteroatoms. The molecule has 1 atom stereocenters. The normalized spacial score (nSPS) is 13.1. The summed E-state index contributed by atoms with van der Waals surface area (Å²) in [5, 5.41) is 0. The minimum Gasteiger partial charge on any atom is -0.462 e. The number of nitrogens with one attached hydrogen (secondary N) is 1. The van der Waals surface area contributed by atoms with E-state index >= 15 is 0 Å². The van der Waals surface area contributed by atoms with Crippen LogP contribution < -0.4 is 4.72 Å². The van der Waals surface area contributed by atoms with E-state index in [9.17, 15) is 13.2 Å². The Morgan fingerprint density at radius 2 is 1.91 bits per heavy atom. The lowest BCUT2D eigenvalue weighted by Crippen LogP contribution is -2.43. The van der Waals surface area contributed by atoms with Crippen molar-refractivity contribution in [3.8, 4) is 0 Å². The molecule has 5 nitrogen and oxygen atoms in total. The number of thioether (sulfide) groups is 1. The summed E-state index contributed by atoms with van der Waals surface area (Å²) in [7, 11) is -3.61. The maximum atomic E-state index is 12.2. The molecule has 0 saturated carbocycles. The molecular weight excluding hydrogens is 322 g/mol. The molecule has 0 amide bonds. The highest BCUT2D eigenvalue weighted by atomic mass is 32.2. The zero-order chi connectivity index (χ0) is 16.6. The van der Waals surface area contributed by atoms with Gasteiger partial charge >= 0.3 is 5.97 Å². The molecular formula is C15H23NO4S2. The van der Waals surface area contributed by atoms with Gasteiger partial charge in [0.25, 0.3) is 0 Å². The van der Waals surface area contributed by atoms with Gasteiger partial charge in [-0.2, -0.15) is 11.8 Å². The minimum absolute atomic E-state index is 0.154. The van der Waals surface area contributed by atoms with Gasteiger partial charge in [-0.3, -0.25) is 4.79 Å². The number of rotatable bonds is 9. The topological polar surface area (TPSA) is 72.5 Å². The maximum absolute atomic E-state index is 12.2. The number of ether oxygens (including phenoxy) is 1. The molecule has 1 N–H and O–H groups in total. The molecule has 0 spiro atoms. The first kappa shape index (κ1) is 19.0. The van der Waals surface area contributed by atoms with Crippen LogP contribution in [-0.4, -0.2) is 38.5 Å². The van der Waals surface area contributed by atoms with Crippen molar-refractivity contribution in [3.05, 3.63) is 35.9 Å². The van der Waals surface area contributed by atoms with Gasteiger partial charge in [0.1, 0.15) is 6.04 Å². The van der Waals surface area contributed by atoms with E-state index in [1.54, 1.807) is 49.9 Å². The molecule has 0 unspecified atom stereocenters. The predicted molar refractivity (Wildman–Crippen MR) is 90.2 cm³/mol. The summed E-state index contributed by atoms with van der Waals surface area (Å²) in [6.07, 6.45) is 2.03. The number of benzene rings is 1. The first-order valence-electron chi connectivity index (χ1n) is 7.07. The van der Waals surface area contributed by atoms with Gasteiger partial charge in [0, 0.05) is 0 Å². The van der Waals surface area contributed by atoms with Gasteiger partial charge in [-0.15, -0.1) is 0 Å². The van der Waals surface area contributed by atoms with E-state index in [0.717, 1.165) is 0 Å². The molecule has 0 fully saturated rings. The van der Waals surface area contributed by atoms with Crippen molar-refractivity contribution in [2.24, 2.45) is 0 Å². The Hall–Kier alpha value is -1.05. The molecule has 1 aromatic rings. The lowest BCUT2D eigenvalue weighted by atomic mass is 10.2. The van der Waals surface area contributed by atoms with E-state index in [1.165, 1.54) is 0 Å². The van der Waals surface area contributed by atoms with Crippen molar-refractivity contribution in [1.29, 1.82) is 0 Å². The number of carbonyl (C=O) groups excluding carboxylic acids is 1. The summed E-state index contributed by atoms with van der Waals surface area (Å²) in [6.45, 7) is 3.48. The van der Waals surface area contributed by atoms with Crippen molar-refractivity contribution in [2.45, 2.75) is 38.2 Å². The highest BCUT2D eigenvalue weighted by Crippen LogP contribution is 2.09. The second-order valence-corrected chi connectivity index (χ2v) is 7.92. The van der Waals surface area contributed by atoms with Crippen LogP contribution in [0.5, 0.6) is 0 Å². The molecule has 1 aromatic carbocycles. The molecule has 124 valence electrons. The Morgan fingerprint density at radius 3 is 2.45 bits per heavy atom. The molecule has 1 rings (SSSR count). The summed E-state index contributed by atoms with van der Waals surface area (Å²) in [6, 6.07) is 8.02. The lowest BCUT2D eigenvalue weighted by Gasteiger charge is -2.19. The van der Waals surface area contributed by atoms with Crippen molar-refractivity contribution >= 4 is 27.8 Å². The monoisotopic (exact) mass is 345 g/mol. The highest BCUT2D eigenvalue weighted by Gasteiger charge is 2.26. The predicted octanol–water partition coefficient (Wildman–Crippen LogP) is 2.18. The molecule has 0 bridgehead atoms. The van der Waals surface area contributed by atoms with Crippen LogP contribution in [0.2, 0.25) is 0 Å². The van der Waals surface area contributed by atoms with Crippen molar-refractivity contribution in [2.75, 3.05) is 12.0 Å². The minimum atomic E-state index is -3.61. The molecule has 0 heterocycles. The molecule has 0 aliphatic heterocycles. The van der Waals surface area contributed by atoms with E-state index in [-0.39, 0.29) is 11.9 Å². The van der Waals surface area contributed by atoms with Crippen LogP contribution in [0.4, 0.5) is 0 Å². The van der Waals surface area contributed by atoms with Crippen molar-refractivity contribution in [1.82, 2.24) is 4.72 Å². The zero-order valence-electron chi connectivity index (χ0n) is 13.1. The lowest BCUT2D eigenvalue weighted by molar-refractivity contribution is -0.149. The Bertz CT molecular complexity index is 558. The number of esters is 1. The molecule has 0 aliphatic rings. The standard InChI is InChI=1S/C15H23NO4S2/c1-12(2)20-15(17)14(9-10-21-3)16-22(18,19)11-13-7-5-4-6-8-13/h4-8,12,14,16H,9-11H2,1-3H3/t14-/m0/s1. The van der Waals surface area contributed by atoms with Crippen LogP contribution >= 0.6 is 11.8 Å². The second-order valence-electron chi connectivity index (χ2n) is 5.18. The Morgan fingerprint density at radius 1 is 1.27 bits per heavy atom. The van der Waals surface area contributed by atoms with Crippen LogP contribution in [0.3, 0.4) is 0 Å². The van der Waals surface area contributed by atoms with Gasteiger partial charge in [-0.05, 0) is 37.8 Å². The molecule has 0 saturated heterocycles. The summed E-state index contributed by atoms with van der Waals surface area (Å²) >= 11 is 1.55. The third kappa shape index (κ3) is 7.29. The average Bonchev–Trinajstić information content (AvgIpc) is 2.43. The quantitative estimate of drug-likeness (QED) is 0.695. The van der Waals surface area contributed by atoms with Gasteiger partial charge < -0.3 is 4.74 Å². The summed E-state index contributed by atoms with van der Waals surface area (Å²) in [5.41, 5.74) is 0.677. The summed E-state index contributed by atoms with van der Waals surface area (Å²) in [5.74, 6) is -0.00900. The first-order valence-corrected chi connectivity index (χ1v) is 10.1. The second kappa shape index (κ2) is 9.17. The Kier molecular flexibility index (Phi) is 7.92. The van der Waals surface area contributed by atoms with Gasteiger partial charge in [-0.1, -0.05) is 30.3 Å². The fourth-order valence-corrected chi connectivity index (χ4v) is 3.66. The van der Waals surface area contributed by atoms with Gasteiger partial charge in [0.15, 0.2) is 0 Å². The number of carbonyl (C=O) groups is 1. The third-order valence-electron chi connectivity index (χ3n) is 2.77. The SMILES string of the molecule is CSCC[C@H](NS(=O)(=O)Cc1ccccc1)C(=O)OC(C)C. The fourth-order valence-electron chi connectivity index (χ4n) is 1.83. The van der Waals surface area contributed by atoms with Crippen LogP contribution in [0.25, 0.3) is 0 Å². The smallest absolute Gasteiger partial charge is 0.324 e. The number of hydrogen-bond acceptors (Lipinski definition) is 5. The average molecular weight is 345 g/mol. The van der Waals surface area contributed by atoms with E-state index < -0.39 is 22.0 Å². The van der Waals surface area contributed by atoms with Crippen LogP contribution in [0, 0.1) is 0 Å². The zero-order valence-corrected chi connectivity index (χ0v) is 14.7. The Labute approximate surface area is 136 Å². The number of hydrogen-bond donors (Lipinski definition) is 1. The summed E-state index contributed by atoms with van der Waals surface area (Å²) < 4.78 is 32.1. The Balaban J connectivity index is 2.76. The summed E-state index contributed by atoms with van der Waals surface area (Å²) in [4.78, 5) is 12.0. The number of sulfonamides is 1. The first-order chi connectivity index (χ1) is 10.3. The van der Waals surface area contributed by atoms with Gasteiger partial charge in [0.2, 0.25) is 10.0 Å². The molecule has 0 aliphatic carbocycles. The van der Waals surface area contributed by atoms with E-state index in [4.69, 9.17) is 4.74 Å². The van der Waals surface area contributed by atoms with Crippen LogP contribution in [-0.2, 0) is 25.3 Å². The molecule has 22 heavy (non-hydrogen) atoms. The van der Waals surface area contributed by atoms with E-state index in [0.29, 0.717) is 17.7 Å².